The van der Waals surface area contributed by atoms with Crippen LogP contribution in [0.1, 0.15) is 142 Å². The molecule has 0 atom stereocenters. The van der Waals surface area contributed by atoms with E-state index in [4.69, 9.17) is 5.11 Å². The first-order valence-corrected chi connectivity index (χ1v) is 13.7. The first-order chi connectivity index (χ1) is 15.2. The number of carboxylic acid groups (broad SMARTS) is 1. The van der Waals surface area contributed by atoms with E-state index in [0.717, 1.165) is 25.9 Å². The minimum atomic E-state index is -0.800. The van der Waals surface area contributed by atoms with Crippen LogP contribution >= 0.6 is 0 Å². The fraction of sp³-hybridized carbons (Fsp3) is 0.962. The average molecular weight is 442 g/mol. The molecular formula is C26H55N3O2. The lowest BCUT2D eigenvalue weighted by molar-refractivity contribution is -0.140. The van der Waals surface area contributed by atoms with Gasteiger partial charge in [0.1, 0.15) is 6.54 Å². The zero-order valence-electron chi connectivity index (χ0n) is 21.1. The van der Waals surface area contributed by atoms with Gasteiger partial charge in [-0.15, -0.1) is 0 Å². The van der Waals surface area contributed by atoms with Gasteiger partial charge in [0.05, 0.1) is 0 Å². The van der Waals surface area contributed by atoms with Gasteiger partial charge in [-0.05, 0) is 12.8 Å². The Balaban J connectivity index is 3.54. The molecule has 0 aliphatic carbocycles. The molecule has 5 nitrogen and oxygen atoms in total. The Kier molecular flexibility index (Phi) is 25.1. The highest BCUT2D eigenvalue weighted by Gasteiger charge is 2.08. The van der Waals surface area contributed by atoms with E-state index in [0.29, 0.717) is 0 Å². The number of unbranched alkanes of at least 4 members (excludes halogenated alkanes) is 18. The van der Waals surface area contributed by atoms with Crippen LogP contribution in [-0.4, -0.2) is 35.8 Å². The summed E-state index contributed by atoms with van der Waals surface area (Å²) in [6, 6.07) is 0. The van der Waals surface area contributed by atoms with Crippen molar-refractivity contribution in [2.45, 2.75) is 142 Å². The van der Waals surface area contributed by atoms with Crippen LogP contribution in [0.25, 0.3) is 0 Å². The second-order valence-corrected chi connectivity index (χ2v) is 9.16. The number of hydrogen-bond acceptors (Lipinski definition) is 4. The van der Waals surface area contributed by atoms with Crippen molar-refractivity contribution in [3.05, 3.63) is 0 Å². The summed E-state index contributed by atoms with van der Waals surface area (Å²) in [7, 11) is 0. The highest BCUT2D eigenvalue weighted by molar-refractivity contribution is 5.68. The van der Waals surface area contributed by atoms with Crippen molar-refractivity contribution >= 4 is 5.97 Å². The largest absolute Gasteiger partial charge is 0.480 e. The molecule has 0 aromatic heterocycles. The monoisotopic (exact) mass is 441 g/mol. The van der Waals surface area contributed by atoms with Crippen LogP contribution < -0.4 is 10.9 Å². The van der Waals surface area contributed by atoms with E-state index in [1.165, 1.54) is 116 Å². The SMILES string of the molecule is CCCCCCCCCCCCNN(CC(=O)O)NCCCCCCCCCCCC. The van der Waals surface area contributed by atoms with Crippen LogP contribution in [0.3, 0.4) is 0 Å². The van der Waals surface area contributed by atoms with Gasteiger partial charge in [0.25, 0.3) is 0 Å². The van der Waals surface area contributed by atoms with Crippen molar-refractivity contribution in [3.63, 3.8) is 0 Å². The van der Waals surface area contributed by atoms with Crippen molar-refractivity contribution in [3.8, 4) is 0 Å². The molecule has 0 aromatic carbocycles. The number of carboxylic acids is 1. The van der Waals surface area contributed by atoms with E-state index in [1.807, 2.05) is 0 Å². The summed E-state index contributed by atoms with van der Waals surface area (Å²) in [5, 5.41) is 10.8. The van der Waals surface area contributed by atoms with Gasteiger partial charge in [0.15, 0.2) is 0 Å². The molecular weight excluding hydrogens is 386 g/mol. The van der Waals surface area contributed by atoms with Crippen LogP contribution in [0.4, 0.5) is 0 Å². The lowest BCUT2D eigenvalue weighted by Gasteiger charge is -2.22. The molecule has 5 heteroatoms. The molecule has 0 unspecified atom stereocenters. The Morgan fingerprint density at radius 1 is 0.548 bits per heavy atom. The summed E-state index contributed by atoms with van der Waals surface area (Å²) in [6.45, 7) is 6.21. The van der Waals surface area contributed by atoms with Crippen molar-refractivity contribution < 1.29 is 9.90 Å². The number of rotatable bonds is 26. The van der Waals surface area contributed by atoms with Crippen molar-refractivity contribution in [2.75, 3.05) is 19.6 Å². The lowest BCUT2D eigenvalue weighted by atomic mass is 10.1. The number of hydrazine groups is 2. The predicted octanol–water partition coefficient (Wildman–Crippen LogP) is 7.22. The van der Waals surface area contributed by atoms with Crippen molar-refractivity contribution in [2.24, 2.45) is 0 Å². The fourth-order valence-electron chi connectivity index (χ4n) is 3.96. The van der Waals surface area contributed by atoms with Crippen LogP contribution in [-0.2, 0) is 4.79 Å². The third-order valence-corrected chi connectivity index (χ3v) is 5.96. The first-order valence-electron chi connectivity index (χ1n) is 13.7. The predicted molar refractivity (Wildman–Crippen MR) is 134 cm³/mol. The maximum Gasteiger partial charge on any atom is 0.320 e. The first kappa shape index (κ1) is 30.4. The van der Waals surface area contributed by atoms with Gasteiger partial charge in [-0.1, -0.05) is 129 Å². The van der Waals surface area contributed by atoms with Crippen LogP contribution in [0.5, 0.6) is 0 Å². The summed E-state index contributed by atoms with van der Waals surface area (Å²) in [5.41, 5.74) is 6.51. The van der Waals surface area contributed by atoms with Crippen LogP contribution in [0.15, 0.2) is 0 Å². The maximum atomic E-state index is 11.1. The van der Waals surface area contributed by atoms with E-state index in [9.17, 15) is 4.79 Å². The third-order valence-electron chi connectivity index (χ3n) is 5.96. The van der Waals surface area contributed by atoms with Gasteiger partial charge in [-0.25, -0.2) is 10.9 Å². The van der Waals surface area contributed by atoms with Gasteiger partial charge >= 0.3 is 5.97 Å². The Bertz CT molecular complexity index is 341. The molecule has 0 saturated heterocycles. The molecule has 0 aliphatic heterocycles. The standard InChI is InChI=1S/C26H55N3O2/c1-3-5-7-9-11-13-15-17-19-21-23-27-29(25-26(30)31)28-24-22-20-18-16-14-12-10-8-6-4-2/h27-28H,3-25H2,1-2H3,(H,30,31). The van der Waals surface area contributed by atoms with Crippen LogP contribution in [0.2, 0.25) is 0 Å². The molecule has 0 spiro atoms. The Hall–Kier alpha value is -0.650. The zero-order valence-corrected chi connectivity index (χ0v) is 21.1. The van der Waals surface area contributed by atoms with Gasteiger partial charge in [-0.2, -0.15) is 5.12 Å². The fourth-order valence-corrected chi connectivity index (χ4v) is 3.96. The Labute approximate surface area is 194 Å². The molecule has 0 amide bonds. The second kappa shape index (κ2) is 25.6. The molecule has 0 aliphatic rings. The van der Waals surface area contributed by atoms with Gasteiger partial charge < -0.3 is 5.11 Å². The normalized spacial score (nSPS) is 11.5. The Morgan fingerprint density at radius 3 is 1.13 bits per heavy atom. The summed E-state index contributed by atoms with van der Waals surface area (Å²) in [6.07, 6.45) is 26.4. The van der Waals surface area contributed by atoms with Crippen LogP contribution in [0, 0.1) is 0 Å². The highest BCUT2D eigenvalue weighted by Crippen LogP contribution is 2.11. The molecule has 3 N–H and O–H groups in total. The number of nitrogens with one attached hydrogen (secondary N) is 2. The minimum Gasteiger partial charge on any atom is -0.480 e. The number of nitrogens with zero attached hydrogens (tertiary/aromatic N) is 1. The number of aliphatic carboxylic acids is 1. The maximum absolute atomic E-state index is 11.1. The third kappa shape index (κ3) is 25.5. The second-order valence-electron chi connectivity index (χ2n) is 9.16. The number of carbonyl (C=O) groups is 1. The summed E-state index contributed by atoms with van der Waals surface area (Å²) in [4.78, 5) is 11.1. The topological polar surface area (TPSA) is 64.6 Å². The molecule has 0 heterocycles. The zero-order chi connectivity index (χ0) is 22.8. The van der Waals surface area contributed by atoms with Gasteiger partial charge in [0, 0.05) is 13.1 Å². The lowest BCUT2D eigenvalue weighted by Crippen LogP contribution is -2.51. The van der Waals surface area contributed by atoms with E-state index in [1.54, 1.807) is 5.12 Å². The summed E-state index contributed by atoms with van der Waals surface area (Å²) >= 11 is 0. The van der Waals surface area contributed by atoms with E-state index >= 15 is 0 Å². The smallest absolute Gasteiger partial charge is 0.320 e. The Morgan fingerprint density at radius 2 is 0.839 bits per heavy atom. The quantitative estimate of drug-likeness (QED) is 0.0976. The minimum absolute atomic E-state index is 0.00444. The van der Waals surface area contributed by atoms with Gasteiger partial charge in [0.2, 0.25) is 0 Å². The molecule has 186 valence electrons. The molecule has 0 fully saturated rings. The summed E-state index contributed by atoms with van der Waals surface area (Å²) in [5.74, 6) is -0.800. The van der Waals surface area contributed by atoms with Crippen molar-refractivity contribution in [1.82, 2.24) is 16.0 Å². The highest BCUT2D eigenvalue weighted by atomic mass is 16.4. The van der Waals surface area contributed by atoms with E-state index < -0.39 is 5.97 Å². The molecule has 0 saturated carbocycles. The number of hydrogen-bond donors (Lipinski definition) is 3. The van der Waals surface area contributed by atoms with E-state index in [2.05, 4.69) is 24.7 Å². The molecule has 0 aromatic rings. The molecule has 0 rings (SSSR count). The molecule has 31 heavy (non-hydrogen) atoms. The van der Waals surface area contributed by atoms with Crippen molar-refractivity contribution in [1.29, 1.82) is 0 Å². The summed E-state index contributed by atoms with van der Waals surface area (Å²) < 4.78 is 0. The van der Waals surface area contributed by atoms with Gasteiger partial charge in [-0.3, -0.25) is 4.79 Å². The molecule has 0 radical (unpaired) electrons. The van der Waals surface area contributed by atoms with E-state index in [-0.39, 0.29) is 6.54 Å². The average Bonchev–Trinajstić information content (AvgIpc) is 2.75. The molecule has 0 bridgehead atoms.